The Morgan fingerprint density at radius 2 is 1.69 bits per heavy atom. The highest BCUT2D eigenvalue weighted by Crippen LogP contribution is 2.19. The summed E-state index contributed by atoms with van der Waals surface area (Å²) in [5.74, 6) is -0.256. The van der Waals surface area contributed by atoms with Gasteiger partial charge in [0.05, 0.1) is 4.90 Å². The van der Waals surface area contributed by atoms with Gasteiger partial charge in [-0.05, 0) is 42.8 Å². The number of hydrogen-bond donors (Lipinski definition) is 2. The number of carbonyl (C=O) groups is 1. The van der Waals surface area contributed by atoms with Crippen molar-refractivity contribution in [1.29, 1.82) is 0 Å². The number of sulfonamides is 1. The molecular weight excluding hydrogens is 374 g/mol. The third-order valence-electron chi connectivity index (χ3n) is 3.79. The molecule has 0 atom stereocenters. The van der Waals surface area contributed by atoms with Gasteiger partial charge in [0.1, 0.15) is 0 Å². The Bertz CT molecular complexity index is 796. The zero-order chi connectivity index (χ0) is 18.3. The van der Waals surface area contributed by atoms with E-state index in [2.05, 4.69) is 5.32 Å². The molecule has 0 unspecified atom stereocenters. The van der Waals surface area contributed by atoms with Crippen LogP contribution < -0.4 is 11.1 Å². The molecule has 0 saturated heterocycles. The number of nitrogens with one attached hydrogen (secondary N) is 1. The van der Waals surface area contributed by atoms with E-state index in [9.17, 15) is 13.2 Å². The highest BCUT2D eigenvalue weighted by molar-refractivity contribution is 7.89. The molecule has 0 aliphatic heterocycles. The number of halogens is 1. The molecule has 0 aromatic heterocycles. The van der Waals surface area contributed by atoms with Crippen LogP contribution >= 0.6 is 12.4 Å². The van der Waals surface area contributed by atoms with Gasteiger partial charge in [-0.15, -0.1) is 12.4 Å². The Kier molecular flexibility index (Phi) is 8.74. The summed E-state index contributed by atoms with van der Waals surface area (Å²) in [6, 6.07) is 15.4. The lowest BCUT2D eigenvalue weighted by atomic mass is 10.2. The van der Waals surface area contributed by atoms with Crippen molar-refractivity contribution in [1.82, 2.24) is 9.62 Å². The van der Waals surface area contributed by atoms with Crippen molar-refractivity contribution in [3.8, 4) is 0 Å². The summed E-state index contributed by atoms with van der Waals surface area (Å²) in [4.78, 5) is 11.8. The fraction of sp³-hybridized carbons (Fsp3) is 0.278. The Balaban J connectivity index is 0.00000338. The zero-order valence-corrected chi connectivity index (χ0v) is 16.2. The molecule has 1 amide bonds. The summed E-state index contributed by atoms with van der Waals surface area (Å²) < 4.78 is 27.4. The van der Waals surface area contributed by atoms with Crippen molar-refractivity contribution in [3.05, 3.63) is 65.7 Å². The summed E-state index contributed by atoms with van der Waals surface area (Å²) >= 11 is 0. The number of benzene rings is 2. The summed E-state index contributed by atoms with van der Waals surface area (Å²) in [5.41, 5.74) is 6.88. The molecule has 3 N–H and O–H groups in total. The molecule has 0 aliphatic rings. The number of amides is 1. The smallest absolute Gasteiger partial charge is 0.251 e. The molecule has 2 aromatic rings. The van der Waals surface area contributed by atoms with Gasteiger partial charge in [-0.2, -0.15) is 4.31 Å². The van der Waals surface area contributed by atoms with Crippen molar-refractivity contribution >= 4 is 28.3 Å². The van der Waals surface area contributed by atoms with E-state index in [1.807, 2.05) is 30.3 Å². The van der Waals surface area contributed by atoms with Crippen molar-refractivity contribution in [3.63, 3.8) is 0 Å². The maximum atomic E-state index is 13.0. The minimum Gasteiger partial charge on any atom is -0.355 e. The lowest BCUT2D eigenvalue weighted by Gasteiger charge is -2.22. The van der Waals surface area contributed by atoms with Crippen LogP contribution in [0.2, 0.25) is 0 Å². The fourth-order valence-corrected chi connectivity index (χ4v) is 3.88. The third kappa shape index (κ3) is 5.54. The lowest BCUT2D eigenvalue weighted by Crippen LogP contribution is -2.32. The molecule has 8 heteroatoms. The summed E-state index contributed by atoms with van der Waals surface area (Å²) in [7, 11) is -2.15. The molecule has 0 bridgehead atoms. The van der Waals surface area contributed by atoms with Gasteiger partial charge in [-0.1, -0.05) is 30.3 Å². The molecule has 0 radical (unpaired) electrons. The molecular formula is C18H24ClN3O3S. The van der Waals surface area contributed by atoms with E-state index in [1.165, 1.54) is 35.6 Å². The predicted octanol–water partition coefficient (Wildman–Crippen LogP) is 2.01. The quantitative estimate of drug-likeness (QED) is 0.712. The van der Waals surface area contributed by atoms with E-state index in [4.69, 9.17) is 5.73 Å². The first-order valence-corrected chi connectivity index (χ1v) is 9.49. The normalized spacial score (nSPS) is 11.0. The number of hydrogen-bond acceptors (Lipinski definition) is 4. The van der Waals surface area contributed by atoms with E-state index < -0.39 is 10.0 Å². The first-order chi connectivity index (χ1) is 12.0. The summed E-state index contributed by atoms with van der Waals surface area (Å²) in [5, 5.41) is 2.51. The molecule has 0 spiro atoms. The maximum Gasteiger partial charge on any atom is 0.251 e. The molecule has 0 fully saturated rings. The van der Waals surface area contributed by atoms with E-state index >= 15 is 0 Å². The van der Waals surface area contributed by atoms with Gasteiger partial charge in [0.25, 0.3) is 5.91 Å². The summed E-state index contributed by atoms with van der Waals surface area (Å²) in [6.45, 7) is 1.03. The van der Waals surface area contributed by atoms with Crippen LogP contribution in [0.5, 0.6) is 0 Å². The zero-order valence-electron chi connectivity index (χ0n) is 14.6. The molecule has 142 valence electrons. The van der Waals surface area contributed by atoms with Crippen LogP contribution in [0.25, 0.3) is 0 Å². The van der Waals surface area contributed by atoms with E-state index in [1.54, 1.807) is 0 Å². The molecule has 0 saturated carbocycles. The van der Waals surface area contributed by atoms with Gasteiger partial charge in [0.2, 0.25) is 10.0 Å². The van der Waals surface area contributed by atoms with Crippen LogP contribution in [0.1, 0.15) is 22.3 Å². The van der Waals surface area contributed by atoms with Crippen molar-refractivity contribution in [2.24, 2.45) is 5.73 Å². The van der Waals surface area contributed by atoms with Gasteiger partial charge in [-0.3, -0.25) is 4.79 Å². The average molecular weight is 398 g/mol. The molecule has 26 heavy (non-hydrogen) atoms. The molecule has 0 heterocycles. The number of nitrogens with zero attached hydrogens (tertiary/aromatic N) is 1. The first kappa shape index (κ1) is 22.1. The summed E-state index contributed by atoms with van der Waals surface area (Å²) in [6.07, 6.45) is 0.572. The fourth-order valence-electron chi connectivity index (χ4n) is 2.41. The minimum absolute atomic E-state index is 0. The third-order valence-corrected chi connectivity index (χ3v) is 5.65. The Morgan fingerprint density at radius 3 is 2.23 bits per heavy atom. The largest absolute Gasteiger partial charge is 0.355 e. The number of nitrogens with two attached hydrogens (primary N) is 1. The molecule has 2 aromatic carbocycles. The highest BCUT2D eigenvalue weighted by atomic mass is 35.5. The minimum atomic E-state index is -3.67. The monoisotopic (exact) mass is 397 g/mol. The second-order valence-electron chi connectivity index (χ2n) is 5.57. The second kappa shape index (κ2) is 10.3. The average Bonchev–Trinajstić information content (AvgIpc) is 2.65. The van der Waals surface area contributed by atoms with Crippen LogP contribution in [-0.2, 0) is 16.6 Å². The predicted molar refractivity (Wildman–Crippen MR) is 105 cm³/mol. The van der Waals surface area contributed by atoms with E-state index in [0.717, 1.165) is 5.56 Å². The van der Waals surface area contributed by atoms with Crippen LogP contribution in [-0.4, -0.2) is 38.8 Å². The SMILES string of the molecule is CNC(=O)c1ccc(S(=O)(=O)N(CCCN)Cc2ccccc2)cc1.Cl. The van der Waals surface area contributed by atoms with Crippen LogP contribution in [0.4, 0.5) is 0 Å². The van der Waals surface area contributed by atoms with Gasteiger partial charge in [0.15, 0.2) is 0 Å². The maximum absolute atomic E-state index is 13.0. The van der Waals surface area contributed by atoms with Crippen LogP contribution in [0.15, 0.2) is 59.5 Å². The first-order valence-electron chi connectivity index (χ1n) is 8.05. The topological polar surface area (TPSA) is 92.5 Å². The van der Waals surface area contributed by atoms with Crippen molar-refractivity contribution in [2.45, 2.75) is 17.9 Å². The van der Waals surface area contributed by atoms with E-state index in [0.29, 0.717) is 25.1 Å². The standard InChI is InChI=1S/C18H23N3O3S.ClH/c1-20-18(22)16-8-10-17(11-9-16)25(23,24)21(13-5-12-19)14-15-6-3-2-4-7-15;/h2-4,6-11H,5,12-14,19H2,1H3,(H,20,22);1H. The Morgan fingerprint density at radius 1 is 1.08 bits per heavy atom. The van der Waals surface area contributed by atoms with Gasteiger partial charge < -0.3 is 11.1 Å². The molecule has 6 nitrogen and oxygen atoms in total. The Labute approximate surface area is 160 Å². The molecule has 0 aliphatic carbocycles. The lowest BCUT2D eigenvalue weighted by molar-refractivity contribution is 0.0963. The van der Waals surface area contributed by atoms with Gasteiger partial charge >= 0.3 is 0 Å². The van der Waals surface area contributed by atoms with Gasteiger partial charge in [-0.25, -0.2) is 8.42 Å². The highest BCUT2D eigenvalue weighted by Gasteiger charge is 2.24. The van der Waals surface area contributed by atoms with Crippen molar-refractivity contribution in [2.75, 3.05) is 20.1 Å². The van der Waals surface area contributed by atoms with E-state index in [-0.39, 0.29) is 29.8 Å². The Hall–Kier alpha value is -1.93. The number of rotatable bonds is 8. The van der Waals surface area contributed by atoms with Crippen LogP contribution in [0, 0.1) is 0 Å². The second-order valence-corrected chi connectivity index (χ2v) is 7.51. The van der Waals surface area contributed by atoms with Gasteiger partial charge in [0, 0.05) is 25.7 Å². The van der Waals surface area contributed by atoms with Crippen LogP contribution in [0.3, 0.4) is 0 Å². The molecule has 2 rings (SSSR count). The van der Waals surface area contributed by atoms with Crippen molar-refractivity contribution < 1.29 is 13.2 Å². The number of carbonyl (C=O) groups excluding carboxylic acids is 1.